The molecule has 2 heterocycles. The molecule has 0 amide bonds. The molecule has 0 spiro atoms. The van der Waals surface area contributed by atoms with Crippen molar-refractivity contribution < 1.29 is 4.52 Å². The average molecular weight is 238 g/mol. The summed E-state index contributed by atoms with van der Waals surface area (Å²) >= 11 is 0. The van der Waals surface area contributed by atoms with E-state index in [-0.39, 0.29) is 6.04 Å². The van der Waals surface area contributed by atoms with Gasteiger partial charge in [0.15, 0.2) is 5.82 Å². The molecule has 2 atom stereocenters. The van der Waals surface area contributed by atoms with E-state index in [4.69, 9.17) is 10.3 Å². The molecule has 0 bridgehead atoms. The van der Waals surface area contributed by atoms with Crippen molar-refractivity contribution in [1.82, 2.24) is 15.0 Å². The molecule has 0 aliphatic carbocycles. The van der Waals surface area contributed by atoms with E-state index in [0.717, 1.165) is 18.9 Å². The Morgan fingerprint density at radius 2 is 2.35 bits per heavy atom. The van der Waals surface area contributed by atoms with Crippen LogP contribution < -0.4 is 5.73 Å². The lowest BCUT2D eigenvalue weighted by Gasteiger charge is -2.33. The predicted molar refractivity (Wildman–Crippen MR) is 65.5 cm³/mol. The van der Waals surface area contributed by atoms with Crippen LogP contribution in [0.25, 0.3) is 0 Å². The van der Waals surface area contributed by atoms with E-state index >= 15 is 0 Å². The molecule has 1 aromatic rings. The minimum atomic E-state index is -0.152. The molecule has 1 aliphatic heterocycles. The Labute approximate surface area is 102 Å². The maximum Gasteiger partial charge on any atom is 0.228 e. The molecule has 0 radical (unpaired) electrons. The van der Waals surface area contributed by atoms with Crippen LogP contribution in [0.1, 0.15) is 50.9 Å². The molecule has 2 unspecified atom stereocenters. The van der Waals surface area contributed by atoms with Gasteiger partial charge in [-0.2, -0.15) is 4.98 Å². The highest BCUT2D eigenvalue weighted by Gasteiger charge is 2.23. The lowest BCUT2D eigenvalue weighted by atomic mass is 9.99. The van der Waals surface area contributed by atoms with Gasteiger partial charge >= 0.3 is 0 Å². The maximum atomic E-state index is 5.72. The summed E-state index contributed by atoms with van der Waals surface area (Å²) in [5.74, 6) is 1.33. The van der Waals surface area contributed by atoms with Crippen LogP contribution in [-0.4, -0.2) is 34.2 Å². The Balaban J connectivity index is 1.98. The summed E-state index contributed by atoms with van der Waals surface area (Å²) in [5.41, 5.74) is 5.72. The van der Waals surface area contributed by atoms with Gasteiger partial charge in [0.1, 0.15) is 0 Å². The van der Waals surface area contributed by atoms with Crippen molar-refractivity contribution >= 4 is 0 Å². The Morgan fingerprint density at radius 1 is 1.53 bits per heavy atom. The minimum Gasteiger partial charge on any atom is -0.339 e. The minimum absolute atomic E-state index is 0.152. The Morgan fingerprint density at radius 3 is 3.00 bits per heavy atom. The van der Waals surface area contributed by atoms with Crippen LogP contribution in [-0.2, 0) is 6.42 Å². The fourth-order valence-electron chi connectivity index (χ4n) is 2.44. The van der Waals surface area contributed by atoms with E-state index in [1.54, 1.807) is 0 Å². The smallest absolute Gasteiger partial charge is 0.228 e. The first-order valence-corrected chi connectivity index (χ1v) is 6.52. The number of aromatic nitrogens is 2. The zero-order valence-electron chi connectivity index (χ0n) is 10.7. The first-order chi connectivity index (χ1) is 8.20. The fourth-order valence-corrected chi connectivity index (χ4v) is 2.44. The zero-order chi connectivity index (χ0) is 12.3. The standard InChI is InChI=1S/C12H22N4O/c1-3-16-7-5-4-6-10(16)8-11-14-12(9(2)13)15-17-11/h9-10H,3-8,13H2,1-2H3. The SMILES string of the molecule is CCN1CCCCC1Cc1nc(C(C)N)no1. The number of likely N-dealkylation sites (N-methyl/N-ethyl adjacent to an activating group) is 1. The van der Waals surface area contributed by atoms with E-state index in [1.807, 2.05) is 6.92 Å². The summed E-state index contributed by atoms with van der Waals surface area (Å²) in [6, 6.07) is 0.399. The molecule has 1 fully saturated rings. The van der Waals surface area contributed by atoms with Gasteiger partial charge < -0.3 is 15.2 Å². The van der Waals surface area contributed by atoms with Gasteiger partial charge in [0.05, 0.1) is 6.04 Å². The largest absolute Gasteiger partial charge is 0.339 e. The highest BCUT2D eigenvalue weighted by molar-refractivity contribution is 4.94. The average Bonchev–Trinajstić information content (AvgIpc) is 2.78. The van der Waals surface area contributed by atoms with Gasteiger partial charge in [-0.15, -0.1) is 0 Å². The molecule has 5 nitrogen and oxygen atoms in total. The summed E-state index contributed by atoms with van der Waals surface area (Å²) < 4.78 is 5.25. The molecule has 1 saturated heterocycles. The van der Waals surface area contributed by atoms with Gasteiger partial charge in [0, 0.05) is 12.5 Å². The number of nitrogens with two attached hydrogens (primary N) is 1. The first-order valence-electron chi connectivity index (χ1n) is 6.52. The van der Waals surface area contributed by atoms with Crippen molar-refractivity contribution in [2.75, 3.05) is 13.1 Å². The van der Waals surface area contributed by atoms with E-state index in [0.29, 0.717) is 11.9 Å². The van der Waals surface area contributed by atoms with Crippen LogP contribution in [0.15, 0.2) is 4.52 Å². The summed E-state index contributed by atoms with van der Waals surface area (Å²) in [6.45, 7) is 6.36. The van der Waals surface area contributed by atoms with Gasteiger partial charge in [-0.1, -0.05) is 18.5 Å². The van der Waals surface area contributed by atoms with Crippen molar-refractivity contribution in [3.8, 4) is 0 Å². The molecule has 1 aliphatic rings. The maximum absolute atomic E-state index is 5.72. The molecule has 96 valence electrons. The lowest BCUT2D eigenvalue weighted by Crippen LogP contribution is -2.40. The second-order valence-corrected chi connectivity index (χ2v) is 4.82. The van der Waals surface area contributed by atoms with Crippen molar-refractivity contribution in [1.29, 1.82) is 0 Å². The number of piperidine rings is 1. The molecule has 1 aromatic heterocycles. The summed E-state index contributed by atoms with van der Waals surface area (Å²) in [7, 11) is 0. The van der Waals surface area contributed by atoms with E-state index in [9.17, 15) is 0 Å². The third-order valence-electron chi connectivity index (χ3n) is 3.46. The predicted octanol–water partition coefficient (Wildman–Crippen LogP) is 1.51. The van der Waals surface area contributed by atoms with Crippen LogP contribution in [0.2, 0.25) is 0 Å². The van der Waals surface area contributed by atoms with Gasteiger partial charge in [-0.3, -0.25) is 0 Å². The highest BCUT2D eigenvalue weighted by Crippen LogP contribution is 2.20. The van der Waals surface area contributed by atoms with Crippen molar-refractivity contribution in [3.63, 3.8) is 0 Å². The van der Waals surface area contributed by atoms with E-state index in [1.165, 1.54) is 25.8 Å². The Bertz CT molecular complexity index is 350. The number of nitrogens with zero attached hydrogens (tertiary/aromatic N) is 3. The number of rotatable bonds is 4. The number of hydrogen-bond acceptors (Lipinski definition) is 5. The van der Waals surface area contributed by atoms with E-state index < -0.39 is 0 Å². The van der Waals surface area contributed by atoms with Gasteiger partial charge in [-0.25, -0.2) is 0 Å². The zero-order valence-corrected chi connectivity index (χ0v) is 10.7. The van der Waals surface area contributed by atoms with Crippen LogP contribution in [0.3, 0.4) is 0 Å². The van der Waals surface area contributed by atoms with Crippen LogP contribution in [0, 0.1) is 0 Å². The number of hydrogen-bond donors (Lipinski definition) is 1. The van der Waals surface area contributed by atoms with Gasteiger partial charge in [-0.05, 0) is 32.9 Å². The molecule has 5 heteroatoms. The van der Waals surface area contributed by atoms with Crippen molar-refractivity contribution in [3.05, 3.63) is 11.7 Å². The molecular weight excluding hydrogens is 216 g/mol. The van der Waals surface area contributed by atoms with Gasteiger partial charge in [0.2, 0.25) is 5.89 Å². The summed E-state index contributed by atoms with van der Waals surface area (Å²) in [5, 5.41) is 3.90. The lowest BCUT2D eigenvalue weighted by molar-refractivity contribution is 0.146. The molecular formula is C12H22N4O. The second-order valence-electron chi connectivity index (χ2n) is 4.82. The fraction of sp³-hybridized carbons (Fsp3) is 0.833. The molecule has 0 saturated carbocycles. The second kappa shape index (κ2) is 5.60. The Hall–Kier alpha value is -0.940. The quantitative estimate of drug-likeness (QED) is 0.861. The van der Waals surface area contributed by atoms with Crippen molar-refractivity contribution in [2.24, 2.45) is 5.73 Å². The normalized spacial score (nSPS) is 23.8. The number of likely N-dealkylation sites (tertiary alicyclic amines) is 1. The third kappa shape index (κ3) is 3.04. The topological polar surface area (TPSA) is 68.2 Å². The van der Waals surface area contributed by atoms with E-state index in [2.05, 4.69) is 22.0 Å². The van der Waals surface area contributed by atoms with Crippen LogP contribution >= 0.6 is 0 Å². The summed E-state index contributed by atoms with van der Waals surface area (Å²) in [4.78, 5) is 6.84. The third-order valence-corrected chi connectivity index (χ3v) is 3.46. The molecule has 2 rings (SSSR count). The molecule has 2 N–H and O–H groups in total. The molecule has 17 heavy (non-hydrogen) atoms. The van der Waals surface area contributed by atoms with Crippen LogP contribution in [0.4, 0.5) is 0 Å². The monoisotopic (exact) mass is 238 g/mol. The van der Waals surface area contributed by atoms with Crippen LogP contribution in [0.5, 0.6) is 0 Å². The molecule has 0 aromatic carbocycles. The highest BCUT2D eigenvalue weighted by atomic mass is 16.5. The Kier molecular flexibility index (Phi) is 4.12. The first kappa shape index (κ1) is 12.5. The summed E-state index contributed by atoms with van der Waals surface area (Å²) in [6.07, 6.45) is 4.69. The van der Waals surface area contributed by atoms with Gasteiger partial charge in [0.25, 0.3) is 0 Å². The van der Waals surface area contributed by atoms with Crippen molar-refractivity contribution in [2.45, 2.75) is 51.6 Å².